The number of nitrogens with zero attached hydrogens (tertiary/aromatic N) is 1. The molecule has 21 heavy (non-hydrogen) atoms. The van der Waals surface area contributed by atoms with E-state index >= 15 is 0 Å². The van der Waals surface area contributed by atoms with Gasteiger partial charge in [-0.25, -0.2) is 0 Å². The van der Waals surface area contributed by atoms with E-state index < -0.39 is 5.91 Å². The fourth-order valence-corrected chi connectivity index (χ4v) is 2.99. The monoisotopic (exact) mass is 336 g/mol. The predicted octanol–water partition coefficient (Wildman–Crippen LogP) is 4.91. The van der Waals surface area contributed by atoms with Gasteiger partial charge in [-0.2, -0.15) is 5.26 Å². The minimum absolute atomic E-state index is 0.0212. The summed E-state index contributed by atoms with van der Waals surface area (Å²) in [4.78, 5) is 14.1. The molecule has 0 bridgehead atoms. The lowest BCUT2D eigenvalue weighted by Gasteiger charge is -2.05. The molecule has 0 radical (unpaired) electrons. The third-order valence-corrected chi connectivity index (χ3v) is 3.92. The van der Waals surface area contributed by atoms with Crippen molar-refractivity contribution in [1.29, 1.82) is 5.26 Å². The third-order valence-electron chi connectivity index (χ3n) is 2.53. The summed E-state index contributed by atoms with van der Waals surface area (Å²) in [7, 11) is 0. The summed E-state index contributed by atoms with van der Waals surface area (Å²) in [5.41, 5.74) is 0.467. The lowest BCUT2D eigenvalue weighted by molar-refractivity contribution is -0.112. The highest BCUT2D eigenvalue weighted by atomic mass is 35.5. The van der Waals surface area contributed by atoms with Crippen LogP contribution in [-0.2, 0) is 4.79 Å². The van der Waals surface area contributed by atoms with Gasteiger partial charge in [0.25, 0.3) is 5.91 Å². The first-order valence-electron chi connectivity index (χ1n) is 5.93. The molecule has 0 spiro atoms. The molecule has 0 atom stereocenters. The number of amides is 1. The van der Waals surface area contributed by atoms with Gasteiger partial charge >= 0.3 is 0 Å². The van der Waals surface area contributed by atoms with Crippen molar-refractivity contribution in [3.63, 3.8) is 0 Å². The lowest BCUT2D eigenvalue weighted by Crippen LogP contribution is -2.13. The zero-order valence-electron chi connectivity index (χ0n) is 11.0. The zero-order valence-corrected chi connectivity index (χ0v) is 13.3. The van der Waals surface area contributed by atoms with Crippen LogP contribution in [0, 0.1) is 18.3 Å². The van der Waals surface area contributed by atoms with Gasteiger partial charge in [-0.05, 0) is 43.3 Å². The van der Waals surface area contributed by atoms with Gasteiger partial charge in [0.2, 0.25) is 0 Å². The maximum Gasteiger partial charge on any atom is 0.266 e. The van der Waals surface area contributed by atoms with Crippen LogP contribution in [0.2, 0.25) is 10.0 Å². The number of thiophene rings is 1. The summed E-state index contributed by atoms with van der Waals surface area (Å²) in [6.45, 7) is 1.96. The summed E-state index contributed by atoms with van der Waals surface area (Å²) >= 11 is 13.2. The minimum Gasteiger partial charge on any atom is -0.321 e. The number of nitrogens with one attached hydrogen (secondary N) is 1. The average Bonchev–Trinajstić information content (AvgIpc) is 2.80. The Labute approximate surface area is 136 Å². The number of hydrogen-bond acceptors (Lipinski definition) is 3. The number of rotatable bonds is 3. The molecule has 1 N–H and O–H groups in total. The second-order valence-corrected chi connectivity index (χ2v) is 6.42. The predicted molar refractivity (Wildman–Crippen MR) is 87.7 cm³/mol. The Morgan fingerprint density at radius 2 is 1.95 bits per heavy atom. The Morgan fingerprint density at radius 1 is 1.29 bits per heavy atom. The van der Waals surface area contributed by atoms with E-state index in [-0.39, 0.29) is 5.57 Å². The Hall–Kier alpha value is -1.80. The molecule has 0 aliphatic rings. The molecule has 1 heterocycles. The highest BCUT2D eigenvalue weighted by Crippen LogP contribution is 2.23. The third kappa shape index (κ3) is 4.33. The number of carbonyl (C=O) groups is 1. The van der Waals surface area contributed by atoms with Gasteiger partial charge in [0, 0.05) is 25.5 Å². The van der Waals surface area contributed by atoms with E-state index in [1.807, 2.05) is 25.1 Å². The van der Waals surface area contributed by atoms with Crippen LogP contribution in [0.15, 0.2) is 35.9 Å². The van der Waals surface area contributed by atoms with E-state index in [1.165, 1.54) is 11.3 Å². The van der Waals surface area contributed by atoms with Gasteiger partial charge in [-0.3, -0.25) is 4.79 Å². The second-order valence-electron chi connectivity index (χ2n) is 4.23. The molecule has 1 aromatic heterocycles. The normalized spacial score (nSPS) is 11.0. The van der Waals surface area contributed by atoms with E-state index in [0.717, 1.165) is 9.75 Å². The van der Waals surface area contributed by atoms with Crippen LogP contribution >= 0.6 is 34.5 Å². The molecule has 1 amide bonds. The molecule has 2 aromatic rings. The molecule has 2 rings (SSSR count). The molecule has 1 aromatic carbocycles. The van der Waals surface area contributed by atoms with Crippen LogP contribution in [0.1, 0.15) is 9.75 Å². The lowest BCUT2D eigenvalue weighted by atomic mass is 10.2. The van der Waals surface area contributed by atoms with Gasteiger partial charge in [-0.15, -0.1) is 11.3 Å². The number of hydrogen-bond donors (Lipinski definition) is 1. The van der Waals surface area contributed by atoms with Crippen LogP contribution in [0.3, 0.4) is 0 Å². The Bertz CT molecular complexity index is 739. The summed E-state index contributed by atoms with van der Waals surface area (Å²) in [6, 6.07) is 10.4. The van der Waals surface area contributed by atoms with Crippen molar-refractivity contribution < 1.29 is 4.79 Å². The van der Waals surface area contributed by atoms with Crippen LogP contribution in [-0.4, -0.2) is 5.91 Å². The average molecular weight is 337 g/mol. The highest BCUT2D eigenvalue weighted by molar-refractivity contribution is 7.12. The largest absolute Gasteiger partial charge is 0.321 e. The number of nitriles is 1. The Balaban J connectivity index is 2.21. The number of aryl methyl sites for hydroxylation is 1. The van der Waals surface area contributed by atoms with Crippen LogP contribution < -0.4 is 5.32 Å². The molecule has 0 fully saturated rings. The summed E-state index contributed by atoms with van der Waals surface area (Å²) in [5, 5.41) is 12.6. The fourth-order valence-electron chi connectivity index (χ4n) is 1.65. The van der Waals surface area contributed by atoms with Crippen molar-refractivity contribution in [2.24, 2.45) is 0 Å². The Kier molecular flexibility index (Phi) is 5.03. The van der Waals surface area contributed by atoms with Gasteiger partial charge in [0.1, 0.15) is 11.6 Å². The quantitative estimate of drug-likeness (QED) is 0.639. The molecule has 6 heteroatoms. The van der Waals surface area contributed by atoms with E-state index in [9.17, 15) is 4.79 Å². The number of benzene rings is 1. The summed E-state index contributed by atoms with van der Waals surface area (Å²) in [5.74, 6) is -0.498. The van der Waals surface area contributed by atoms with Crippen molar-refractivity contribution in [2.75, 3.05) is 5.32 Å². The van der Waals surface area contributed by atoms with Crippen molar-refractivity contribution in [1.82, 2.24) is 0 Å². The number of halogens is 2. The van der Waals surface area contributed by atoms with Gasteiger partial charge in [-0.1, -0.05) is 23.2 Å². The SMILES string of the molecule is Cc1ccc(/C=C(\C#N)C(=O)Nc2cc(Cl)cc(Cl)c2)s1. The number of carbonyl (C=O) groups excluding carboxylic acids is 1. The van der Waals surface area contributed by atoms with Crippen LogP contribution in [0.5, 0.6) is 0 Å². The van der Waals surface area contributed by atoms with Gasteiger partial charge in [0.15, 0.2) is 0 Å². The molecule has 0 unspecified atom stereocenters. The van der Waals surface area contributed by atoms with Crippen LogP contribution in [0.4, 0.5) is 5.69 Å². The summed E-state index contributed by atoms with van der Waals surface area (Å²) in [6.07, 6.45) is 1.55. The topological polar surface area (TPSA) is 52.9 Å². The van der Waals surface area contributed by atoms with Crippen molar-refractivity contribution >= 4 is 52.2 Å². The van der Waals surface area contributed by atoms with E-state index in [0.29, 0.717) is 15.7 Å². The molecule has 0 saturated carbocycles. The first kappa shape index (κ1) is 15.6. The first-order valence-corrected chi connectivity index (χ1v) is 7.51. The molecule has 0 aliphatic carbocycles. The maximum atomic E-state index is 12.1. The van der Waals surface area contributed by atoms with Gasteiger partial charge in [0.05, 0.1) is 0 Å². The smallest absolute Gasteiger partial charge is 0.266 e. The van der Waals surface area contributed by atoms with Crippen molar-refractivity contribution in [3.8, 4) is 6.07 Å². The maximum absolute atomic E-state index is 12.1. The fraction of sp³-hybridized carbons (Fsp3) is 0.0667. The van der Waals surface area contributed by atoms with Crippen LogP contribution in [0.25, 0.3) is 6.08 Å². The second kappa shape index (κ2) is 6.77. The van der Waals surface area contributed by atoms with Crippen molar-refractivity contribution in [2.45, 2.75) is 6.92 Å². The number of anilines is 1. The van der Waals surface area contributed by atoms with Gasteiger partial charge < -0.3 is 5.32 Å². The minimum atomic E-state index is -0.498. The summed E-state index contributed by atoms with van der Waals surface area (Å²) < 4.78 is 0. The molecule has 0 saturated heterocycles. The molecular formula is C15H10Cl2N2OS. The zero-order chi connectivity index (χ0) is 15.4. The van der Waals surface area contributed by atoms with E-state index in [1.54, 1.807) is 24.3 Å². The Morgan fingerprint density at radius 3 is 2.48 bits per heavy atom. The van der Waals surface area contributed by atoms with E-state index in [4.69, 9.17) is 28.5 Å². The molecular weight excluding hydrogens is 327 g/mol. The van der Waals surface area contributed by atoms with E-state index in [2.05, 4.69) is 5.32 Å². The first-order chi connectivity index (χ1) is 9.97. The molecule has 0 aliphatic heterocycles. The molecule has 106 valence electrons. The van der Waals surface area contributed by atoms with Crippen molar-refractivity contribution in [3.05, 3.63) is 55.7 Å². The highest BCUT2D eigenvalue weighted by Gasteiger charge is 2.11. The molecule has 3 nitrogen and oxygen atoms in total. The standard InChI is InChI=1S/C15H10Cl2N2OS/c1-9-2-3-14(21-9)4-10(8-18)15(20)19-13-6-11(16)5-12(17)7-13/h2-7H,1H3,(H,19,20)/b10-4+.